The Morgan fingerprint density at radius 2 is 2.27 bits per heavy atom. The number of nitrogens with one attached hydrogen (secondary N) is 1. The summed E-state index contributed by atoms with van der Waals surface area (Å²) in [4.78, 5) is 0. The van der Waals surface area contributed by atoms with Gasteiger partial charge in [0, 0.05) is 19.8 Å². The summed E-state index contributed by atoms with van der Waals surface area (Å²) >= 11 is 0. The Bertz CT molecular complexity index is 397. The van der Waals surface area contributed by atoms with Crippen LogP contribution in [0.15, 0.2) is 12.4 Å². The van der Waals surface area contributed by atoms with Gasteiger partial charge in [-0.1, -0.05) is 6.92 Å². The molecule has 1 rings (SSSR count). The van der Waals surface area contributed by atoms with E-state index in [-0.39, 0.29) is 5.75 Å². The van der Waals surface area contributed by atoms with E-state index >= 15 is 0 Å². The molecule has 6 heteroatoms. The molecule has 1 heterocycles. The third-order valence-electron chi connectivity index (χ3n) is 1.97. The second-order valence-electron chi connectivity index (χ2n) is 3.49. The molecule has 0 aliphatic carbocycles. The van der Waals surface area contributed by atoms with Crippen molar-refractivity contribution in [2.45, 2.75) is 19.8 Å². The van der Waals surface area contributed by atoms with Crippen molar-refractivity contribution in [2.75, 3.05) is 12.3 Å². The number of aryl methyl sites for hydroxylation is 1. The van der Waals surface area contributed by atoms with Gasteiger partial charge in [-0.05, 0) is 18.4 Å². The number of hydrogen-bond acceptors (Lipinski definition) is 3. The van der Waals surface area contributed by atoms with Gasteiger partial charge in [-0.3, -0.25) is 4.68 Å². The average molecular weight is 231 g/mol. The lowest BCUT2D eigenvalue weighted by Gasteiger charge is -2.03. The highest BCUT2D eigenvalue weighted by Gasteiger charge is 2.07. The summed E-state index contributed by atoms with van der Waals surface area (Å²) < 4.78 is 26.8. The minimum atomic E-state index is -3.07. The molecule has 0 unspecified atom stereocenters. The van der Waals surface area contributed by atoms with Crippen molar-refractivity contribution in [3.05, 3.63) is 18.0 Å². The average Bonchev–Trinajstić information content (AvgIpc) is 2.51. The van der Waals surface area contributed by atoms with Crippen LogP contribution in [0.5, 0.6) is 0 Å². The summed E-state index contributed by atoms with van der Waals surface area (Å²) in [7, 11) is -1.23. The Morgan fingerprint density at radius 1 is 1.53 bits per heavy atom. The van der Waals surface area contributed by atoms with Gasteiger partial charge < -0.3 is 0 Å². The second-order valence-corrected chi connectivity index (χ2v) is 5.41. The van der Waals surface area contributed by atoms with Crippen LogP contribution in [0.2, 0.25) is 0 Å². The van der Waals surface area contributed by atoms with E-state index in [4.69, 9.17) is 0 Å². The lowest BCUT2D eigenvalue weighted by molar-refractivity contribution is 0.580. The van der Waals surface area contributed by atoms with Crippen molar-refractivity contribution in [3.8, 4) is 0 Å². The van der Waals surface area contributed by atoms with E-state index in [1.807, 2.05) is 20.2 Å². The van der Waals surface area contributed by atoms with Crippen LogP contribution in [-0.4, -0.2) is 30.5 Å². The SMILES string of the molecule is CCCS(=O)(=O)NCCc1cnn(C)c1. The van der Waals surface area contributed by atoms with Crippen LogP contribution in [0, 0.1) is 0 Å². The predicted molar refractivity (Wildman–Crippen MR) is 59.0 cm³/mol. The Hall–Kier alpha value is -0.880. The first-order valence-corrected chi connectivity index (χ1v) is 6.63. The summed E-state index contributed by atoms with van der Waals surface area (Å²) in [5.74, 6) is 0.194. The van der Waals surface area contributed by atoms with Gasteiger partial charge in [-0.2, -0.15) is 5.10 Å². The highest BCUT2D eigenvalue weighted by atomic mass is 32.2. The topological polar surface area (TPSA) is 64.0 Å². The van der Waals surface area contributed by atoms with Gasteiger partial charge >= 0.3 is 0 Å². The van der Waals surface area contributed by atoms with E-state index in [9.17, 15) is 8.42 Å². The number of sulfonamides is 1. The molecule has 86 valence electrons. The molecule has 0 amide bonds. The van der Waals surface area contributed by atoms with E-state index in [0.717, 1.165) is 5.56 Å². The quantitative estimate of drug-likeness (QED) is 0.765. The van der Waals surface area contributed by atoms with Crippen LogP contribution >= 0.6 is 0 Å². The highest BCUT2D eigenvalue weighted by Crippen LogP contribution is 1.97. The Labute approximate surface area is 90.5 Å². The molecular weight excluding hydrogens is 214 g/mol. The summed E-state index contributed by atoms with van der Waals surface area (Å²) in [6.45, 7) is 2.29. The molecule has 1 N–H and O–H groups in total. The van der Waals surface area contributed by atoms with Crippen LogP contribution in [0.4, 0.5) is 0 Å². The van der Waals surface area contributed by atoms with Gasteiger partial charge in [0.25, 0.3) is 0 Å². The zero-order chi connectivity index (χ0) is 11.3. The normalized spacial score (nSPS) is 11.9. The van der Waals surface area contributed by atoms with Gasteiger partial charge in [-0.25, -0.2) is 13.1 Å². The minimum Gasteiger partial charge on any atom is -0.276 e. The fourth-order valence-corrected chi connectivity index (χ4v) is 2.39. The van der Waals surface area contributed by atoms with Gasteiger partial charge in [0.1, 0.15) is 0 Å². The lowest BCUT2D eigenvalue weighted by atomic mass is 10.3. The first-order chi connectivity index (χ1) is 7.03. The molecule has 0 saturated heterocycles. The summed E-state index contributed by atoms with van der Waals surface area (Å²) in [5, 5.41) is 4.01. The first-order valence-electron chi connectivity index (χ1n) is 4.98. The van der Waals surface area contributed by atoms with E-state index in [1.54, 1.807) is 10.9 Å². The standard InChI is InChI=1S/C9H17N3O2S/c1-3-6-15(13,14)11-5-4-9-7-10-12(2)8-9/h7-8,11H,3-6H2,1-2H3. The van der Waals surface area contributed by atoms with Crippen molar-refractivity contribution in [1.82, 2.24) is 14.5 Å². The van der Waals surface area contributed by atoms with Gasteiger partial charge in [0.15, 0.2) is 0 Å². The summed E-state index contributed by atoms with van der Waals surface area (Å²) in [6, 6.07) is 0. The van der Waals surface area contributed by atoms with Crippen LogP contribution in [-0.2, 0) is 23.5 Å². The maximum atomic E-state index is 11.3. The maximum Gasteiger partial charge on any atom is 0.211 e. The molecule has 0 aliphatic heterocycles. The fraction of sp³-hybridized carbons (Fsp3) is 0.667. The van der Waals surface area contributed by atoms with Crippen molar-refractivity contribution >= 4 is 10.0 Å². The summed E-state index contributed by atoms with van der Waals surface area (Å²) in [6.07, 6.45) is 4.95. The van der Waals surface area contributed by atoms with E-state index in [2.05, 4.69) is 9.82 Å². The molecule has 5 nitrogen and oxygen atoms in total. The van der Waals surface area contributed by atoms with Gasteiger partial charge in [0.05, 0.1) is 11.9 Å². The van der Waals surface area contributed by atoms with E-state index < -0.39 is 10.0 Å². The molecule has 0 radical (unpaired) electrons. The van der Waals surface area contributed by atoms with Crippen molar-refractivity contribution in [1.29, 1.82) is 0 Å². The molecule has 15 heavy (non-hydrogen) atoms. The first kappa shape index (κ1) is 12.2. The second kappa shape index (κ2) is 5.27. The van der Waals surface area contributed by atoms with Crippen LogP contribution in [0.25, 0.3) is 0 Å². The molecule has 0 bridgehead atoms. The third kappa shape index (κ3) is 4.44. The van der Waals surface area contributed by atoms with Crippen LogP contribution < -0.4 is 4.72 Å². The van der Waals surface area contributed by atoms with Crippen molar-refractivity contribution < 1.29 is 8.42 Å². The number of nitrogens with zero attached hydrogens (tertiary/aromatic N) is 2. The molecule has 0 saturated carbocycles. The van der Waals surface area contributed by atoms with Crippen LogP contribution in [0.3, 0.4) is 0 Å². The molecule has 0 spiro atoms. The molecule has 0 fully saturated rings. The molecule has 0 aliphatic rings. The predicted octanol–water partition coefficient (Wildman–Crippen LogP) is 0.292. The molecule has 0 atom stereocenters. The summed E-state index contributed by atoms with van der Waals surface area (Å²) in [5.41, 5.74) is 1.04. The molecule has 1 aromatic rings. The maximum absolute atomic E-state index is 11.3. The van der Waals surface area contributed by atoms with Gasteiger partial charge in [0.2, 0.25) is 10.0 Å². The smallest absolute Gasteiger partial charge is 0.211 e. The molecule has 0 aromatic carbocycles. The molecular formula is C9H17N3O2S. The monoisotopic (exact) mass is 231 g/mol. The Kier molecular flexibility index (Phi) is 4.28. The highest BCUT2D eigenvalue weighted by molar-refractivity contribution is 7.89. The Balaban J connectivity index is 2.33. The van der Waals surface area contributed by atoms with Gasteiger partial charge in [-0.15, -0.1) is 0 Å². The third-order valence-corrected chi connectivity index (χ3v) is 3.56. The lowest BCUT2D eigenvalue weighted by Crippen LogP contribution is -2.28. The minimum absolute atomic E-state index is 0.194. The Morgan fingerprint density at radius 3 is 2.80 bits per heavy atom. The van der Waals surface area contributed by atoms with E-state index in [1.165, 1.54) is 0 Å². The zero-order valence-electron chi connectivity index (χ0n) is 9.10. The van der Waals surface area contributed by atoms with Crippen molar-refractivity contribution in [3.63, 3.8) is 0 Å². The van der Waals surface area contributed by atoms with E-state index in [0.29, 0.717) is 19.4 Å². The largest absolute Gasteiger partial charge is 0.276 e. The zero-order valence-corrected chi connectivity index (χ0v) is 9.92. The number of aromatic nitrogens is 2. The molecule has 1 aromatic heterocycles. The number of hydrogen-bond donors (Lipinski definition) is 1. The van der Waals surface area contributed by atoms with Crippen LogP contribution in [0.1, 0.15) is 18.9 Å². The number of rotatable bonds is 6. The fourth-order valence-electron chi connectivity index (χ4n) is 1.29. The van der Waals surface area contributed by atoms with Crippen molar-refractivity contribution in [2.24, 2.45) is 7.05 Å².